The van der Waals surface area contributed by atoms with Crippen molar-refractivity contribution >= 4 is 0 Å². The average molecular weight is 316 g/mol. The van der Waals surface area contributed by atoms with Crippen molar-refractivity contribution in [2.45, 2.75) is 32.6 Å². The summed E-state index contributed by atoms with van der Waals surface area (Å²) in [5, 5.41) is 18.2. The topological polar surface area (TPSA) is 56.8 Å². The predicted octanol–water partition coefficient (Wildman–Crippen LogP) is 5.25. The Kier molecular flexibility index (Phi) is 5.07. The van der Waals surface area contributed by atoms with E-state index in [-0.39, 0.29) is 5.41 Å². The van der Waals surface area contributed by atoms with Crippen molar-refractivity contribution < 1.29 is 4.74 Å². The Morgan fingerprint density at radius 1 is 1.04 bits per heavy atom. The molecule has 120 valence electrons. The van der Waals surface area contributed by atoms with Crippen LogP contribution in [0.2, 0.25) is 0 Å². The van der Waals surface area contributed by atoms with Crippen LogP contribution >= 0.6 is 0 Å². The lowest BCUT2D eigenvalue weighted by Gasteiger charge is -2.23. The SMILES string of the molecule is C=CCc1ccc(Oc2ccc(C#N)c(C#N)c2)c(C(C)(C)C)c1. The second kappa shape index (κ2) is 7.02. The molecule has 0 unspecified atom stereocenters. The van der Waals surface area contributed by atoms with Crippen LogP contribution in [0.1, 0.15) is 43.0 Å². The number of benzene rings is 2. The molecule has 2 aromatic rings. The van der Waals surface area contributed by atoms with E-state index < -0.39 is 0 Å². The number of ether oxygens (including phenoxy) is 1. The van der Waals surface area contributed by atoms with E-state index in [0.717, 1.165) is 17.7 Å². The normalized spacial score (nSPS) is 10.5. The van der Waals surface area contributed by atoms with Gasteiger partial charge >= 0.3 is 0 Å². The van der Waals surface area contributed by atoms with Crippen LogP contribution in [0.5, 0.6) is 11.5 Å². The highest BCUT2D eigenvalue weighted by atomic mass is 16.5. The number of nitriles is 2. The maximum absolute atomic E-state index is 9.15. The minimum Gasteiger partial charge on any atom is -0.457 e. The Hall–Kier alpha value is -3.04. The van der Waals surface area contributed by atoms with E-state index in [1.54, 1.807) is 18.2 Å². The fourth-order valence-corrected chi connectivity index (χ4v) is 2.45. The van der Waals surface area contributed by atoms with E-state index in [9.17, 15) is 0 Å². The molecular weight excluding hydrogens is 296 g/mol. The summed E-state index contributed by atoms with van der Waals surface area (Å²) >= 11 is 0. The molecule has 0 aliphatic carbocycles. The summed E-state index contributed by atoms with van der Waals surface area (Å²) in [5.41, 5.74) is 2.85. The molecule has 0 saturated heterocycles. The molecular formula is C21H20N2O. The van der Waals surface area contributed by atoms with Crippen molar-refractivity contribution in [3.63, 3.8) is 0 Å². The summed E-state index contributed by atoms with van der Waals surface area (Å²) < 4.78 is 6.02. The molecule has 0 heterocycles. The standard InChI is InChI=1S/C21H20N2O/c1-5-6-15-7-10-20(19(11-15)21(2,3)4)24-18-9-8-16(13-22)17(12-18)14-23/h5,7-12H,1,6H2,2-4H3. The molecule has 3 nitrogen and oxygen atoms in total. The first-order chi connectivity index (χ1) is 11.4. The van der Waals surface area contributed by atoms with Gasteiger partial charge in [-0.1, -0.05) is 39.0 Å². The lowest BCUT2D eigenvalue weighted by Crippen LogP contribution is -2.13. The van der Waals surface area contributed by atoms with Crippen molar-refractivity contribution in [3.05, 3.63) is 71.3 Å². The average Bonchev–Trinajstić information content (AvgIpc) is 2.55. The molecule has 0 bridgehead atoms. The van der Waals surface area contributed by atoms with Gasteiger partial charge in [-0.05, 0) is 41.7 Å². The number of hydrogen-bond donors (Lipinski definition) is 0. The highest BCUT2D eigenvalue weighted by Crippen LogP contribution is 2.35. The van der Waals surface area contributed by atoms with Gasteiger partial charge in [-0.25, -0.2) is 0 Å². The van der Waals surface area contributed by atoms with Crippen molar-refractivity contribution in [3.8, 4) is 23.6 Å². The maximum Gasteiger partial charge on any atom is 0.131 e. The minimum absolute atomic E-state index is 0.0861. The Bertz CT molecular complexity index is 846. The number of hydrogen-bond acceptors (Lipinski definition) is 3. The maximum atomic E-state index is 9.15. The van der Waals surface area contributed by atoms with Crippen molar-refractivity contribution in [1.29, 1.82) is 10.5 Å². The highest BCUT2D eigenvalue weighted by molar-refractivity contribution is 5.51. The van der Waals surface area contributed by atoms with E-state index in [1.165, 1.54) is 5.56 Å². The lowest BCUT2D eigenvalue weighted by molar-refractivity contribution is 0.455. The van der Waals surface area contributed by atoms with Gasteiger partial charge in [0.25, 0.3) is 0 Å². The van der Waals surface area contributed by atoms with E-state index in [0.29, 0.717) is 16.9 Å². The number of nitrogens with zero attached hydrogens (tertiary/aromatic N) is 2. The fourth-order valence-electron chi connectivity index (χ4n) is 2.45. The largest absolute Gasteiger partial charge is 0.457 e. The predicted molar refractivity (Wildman–Crippen MR) is 95.0 cm³/mol. The van der Waals surface area contributed by atoms with Gasteiger partial charge in [-0.15, -0.1) is 6.58 Å². The van der Waals surface area contributed by atoms with Gasteiger partial charge in [-0.3, -0.25) is 0 Å². The van der Waals surface area contributed by atoms with Crippen molar-refractivity contribution in [2.75, 3.05) is 0 Å². The molecule has 0 atom stereocenters. The van der Waals surface area contributed by atoms with Crippen LogP contribution in [0.3, 0.4) is 0 Å². The van der Waals surface area contributed by atoms with Crippen LogP contribution in [-0.4, -0.2) is 0 Å². The third kappa shape index (κ3) is 3.83. The second-order valence-corrected chi connectivity index (χ2v) is 6.61. The van der Waals surface area contributed by atoms with E-state index in [2.05, 4.69) is 33.4 Å². The van der Waals surface area contributed by atoms with Gasteiger partial charge in [-0.2, -0.15) is 10.5 Å². The van der Waals surface area contributed by atoms with Gasteiger partial charge in [0.1, 0.15) is 23.6 Å². The molecule has 0 aliphatic heterocycles. The minimum atomic E-state index is -0.0861. The first kappa shape index (κ1) is 17.3. The first-order valence-corrected chi connectivity index (χ1v) is 7.75. The van der Waals surface area contributed by atoms with Gasteiger partial charge in [0, 0.05) is 5.56 Å². The number of allylic oxidation sites excluding steroid dienone is 1. The van der Waals surface area contributed by atoms with Crippen LogP contribution in [0.4, 0.5) is 0 Å². The molecule has 0 radical (unpaired) electrons. The van der Waals surface area contributed by atoms with Gasteiger partial charge in [0.15, 0.2) is 0 Å². The van der Waals surface area contributed by atoms with E-state index in [1.807, 2.05) is 30.3 Å². The van der Waals surface area contributed by atoms with Crippen LogP contribution < -0.4 is 4.74 Å². The zero-order chi connectivity index (χ0) is 17.7. The van der Waals surface area contributed by atoms with Crippen LogP contribution in [0.15, 0.2) is 49.1 Å². The van der Waals surface area contributed by atoms with E-state index in [4.69, 9.17) is 15.3 Å². The van der Waals surface area contributed by atoms with Crippen LogP contribution in [-0.2, 0) is 11.8 Å². The Morgan fingerprint density at radius 3 is 2.33 bits per heavy atom. The highest BCUT2D eigenvalue weighted by Gasteiger charge is 2.20. The Balaban J connectivity index is 2.45. The van der Waals surface area contributed by atoms with Gasteiger partial charge in [0.2, 0.25) is 0 Å². The summed E-state index contributed by atoms with van der Waals surface area (Å²) in [6.45, 7) is 10.2. The van der Waals surface area contributed by atoms with Crippen molar-refractivity contribution in [1.82, 2.24) is 0 Å². The zero-order valence-corrected chi connectivity index (χ0v) is 14.3. The molecule has 2 rings (SSSR count). The molecule has 0 saturated carbocycles. The first-order valence-electron chi connectivity index (χ1n) is 7.75. The molecule has 0 aliphatic rings. The van der Waals surface area contributed by atoms with Crippen LogP contribution in [0.25, 0.3) is 0 Å². The Morgan fingerprint density at radius 2 is 1.75 bits per heavy atom. The number of rotatable bonds is 4. The molecule has 3 heteroatoms. The summed E-state index contributed by atoms with van der Waals surface area (Å²) in [4.78, 5) is 0. The monoisotopic (exact) mass is 316 g/mol. The molecule has 0 aromatic heterocycles. The van der Waals surface area contributed by atoms with Gasteiger partial charge < -0.3 is 4.74 Å². The smallest absolute Gasteiger partial charge is 0.131 e. The second-order valence-electron chi connectivity index (χ2n) is 6.61. The Labute approximate surface area is 143 Å². The third-order valence-electron chi connectivity index (χ3n) is 3.69. The molecule has 0 spiro atoms. The quantitative estimate of drug-likeness (QED) is 0.724. The summed E-state index contributed by atoms with van der Waals surface area (Å²) in [5.74, 6) is 1.30. The molecule has 0 amide bonds. The fraction of sp³-hybridized carbons (Fsp3) is 0.238. The lowest BCUT2D eigenvalue weighted by atomic mass is 9.85. The molecule has 2 aromatic carbocycles. The third-order valence-corrected chi connectivity index (χ3v) is 3.69. The summed E-state index contributed by atoms with van der Waals surface area (Å²) in [7, 11) is 0. The van der Waals surface area contributed by atoms with E-state index >= 15 is 0 Å². The summed E-state index contributed by atoms with van der Waals surface area (Å²) in [6, 6.07) is 15.1. The van der Waals surface area contributed by atoms with Gasteiger partial charge in [0.05, 0.1) is 11.1 Å². The molecule has 24 heavy (non-hydrogen) atoms. The molecule has 0 fully saturated rings. The van der Waals surface area contributed by atoms with Crippen LogP contribution in [0, 0.1) is 22.7 Å². The zero-order valence-electron chi connectivity index (χ0n) is 14.3. The molecule has 0 N–H and O–H groups in total. The van der Waals surface area contributed by atoms with Crippen molar-refractivity contribution in [2.24, 2.45) is 0 Å². The summed E-state index contributed by atoms with van der Waals surface area (Å²) in [6.07, 6.45) is 2.68.